The van der Waals surface area contributed by atoms with E-state index in [4.69, 9.17) is 9.05 Å². The zero-order valence-electron chi connectivity index (χ0n) is 7.31. The van der Waals surface area contributed by atoms with Gasteiger partial charge in [0.2, 0.25) is 11.8 Å². The molecule has 13 heavy (non-hydrogen) atoms. The molecule has 0 aliphatic rings. The van der Waals surface area contributed by atoms with Crippen molar-refractivity contribution in [3.8, 4) is 0 Å². The Morgan fingerprint density at radius 1 is 0.923 bits per heavy atom. The molecule has 2 rings (SSSR count). The summed E-state index contributed by atoms with van der Waals surface area (Å²) in [6, 6.07) is 0. The molecule has 0 unspecified atom stereocenters. The van der Waals surface area contributed by atoms with Crippen molar-refractivity contribution < 1.29 is 9.05 Å². The van der Waals surface area contributed by atoms with Crippen molar-refractivity contribution in [1.29, 1.82) is 0 Å². The highest BCUT2D eigenvalue weighted by molar-refractivity contribution is 4.94. The molecule has 2 heterocycles. The summed E-state index contributed by atoms with van der Waals surface area (Å²) in [6.45, 7) is 3.51. The summed E-state index contributed by atoms with van der Waals surface area (Å²) in [5.74, 6) is 2.18. The SMILES string of the molecule is Cc1noc(Cc2nc(C)no2)n1. The molecular formula is C7H8N4O2. The number of hydrogen-bond acceptors (Lipinski definition) is 6. The fraction of sp³-hybridized carbons (Fsp3) is 0.429. The lowest BCUT2D eigenvalue weighted by atomic mass is 10.4. The maximum absolute atomic E-state index is 4.89. The van der Waals surface area contributed by atoms with Crippen LogP contribution >= 0.6 is 0 Å². The number of aromatic nitrogens is 4. The van der Waals surface area contributed by atoms with Crippen LogP contribution in [0, 0.1) is 13.8 Å². The summed E-state index contributed by atoms with van der Waals surface area (Å²) < 4.78 is 9.78. The molecule has 6 heteroatoms. The van der Waals surface area contributed by atoms with E-state index in [0.29, 0.717) is 29.9 Å². The molecule has 0 bridgehead atoms. The van der Waals surface area contributed by atoms with E-state index in [9.17, 15) is 0 Å². The predicted molar refractivity (Wildman–Crippen MR) is 40.9 cm³/mol. The van der Waals surface area contributed by atoms with Crippen molar-refractivity contribution in [2.45, 2.75) is 20.3 Å². The van der Waals surface area contributed by atoms with Crippen molar-refractivity contribution in [2.75, 3.05) is 0 Å². The van der Waals surface area contributed by atoms with Crippen LogP contribution in [0.15, 0.2) is 9.05 Å². The Morgan fingerprint density at radius 3 is 1.69 bits per heavy atom. The van der Waals surface area contributed by atoms with Crippen LogP contribution in [0.4, 0.5) is 0 Å². The van der Waals surface area contributed by atoms with E-state index in [1.54, 1.807) is 13.8 Å². The van der Waals surface area contributed by atoms with Crippen LogP contribution in [0.1, 0.15) is 23.4 Å². The van der Waals surface area contributed by atoms with E-state index in [1.165, 1.54) is 0 Å². The average molecular weight is 180 g/mol. The van der Waals surface area contributed by atoms with Gasteiger partial charge in [-0.1, -0.05) is 10.3 Å². The second kappa shape index (κ2) is 2.96. The molecule has 68 valence electrons. The second-order valence-corrected chi connectivity index (χ2v) is 2.65. The van der Waals surface area contributed by atoms with Gasteiger partial charge in [-0.2, -0.15) is 9.97 Å². The van der Waals surface area contributed by atoms with Crippen molar-refractivity contribution in [3.05, 3.63) is 23.4 Å². The monoisotopic (exact) mass is 180 g/mol. The van der Waals surface area contributed by atoms with E-state index >= 15 is 0 Å². The maximum atomic E-state index is 4.89. The average Bonchev–Trinajstić information content (AvgIpc) is 2.62. The van der Waals surface area contributed by atoms with Gasteiger partial charge in [-0.15, -0.1) is 0 Å². The summed E-state index contributed by atoms with van der Waals surface area (Å²) in [6.07, 6.45) is 0.391. The highest BCUT2D eigenvalue weighted by Gasteiger charge is 2.09. The first-order chi connectivity index (χ1) is 6.24. The maximum Gasteiger partial charge on any atom is 0.236 e. The van der Waals surface area contributed by atoms with Crippen LogP contribution in [0.3, 0.4) is 0 Å². The van der Waals surface area contributed by atoms with E-state index in [0.717, 1.165) is 0 Å². The summed E-state index contributed by atoms with van der Waals surface area (Å²) in [7, 11) is 0. The van der Waals surface area contributed by atoms with Gasteiger partial charge in [-0.3, -0.25) is 0 Å². The molecule has 6 nitrogen and oxygen atoms in total. The van der Waals surface area contributed by atoms with Crippen molar-refractivity contribution in [3.63, 3.8) is 0 Å². The first-order valence-corrected chi connectivity index (χ1v) is 3.82. The summed E-state index contributed by atoms with van der Waals surface area (Å²) >= 11 is 0. The molecule has 0 aromatic carbocycles. The fourth-order valence-corrected chi connectivity index (χ4v) is 0.953. The molecule has 0 N–H and O–H groups in total. The molecule has 0 aliphatic carbocycles. The van der Waals surface area contributed by atoms with Gasteiger partial charge < -0.3 is 9.05 Å². The minimum absolute atomic E-state index is 0.391. The second-order valence-electron chi connectivity index (χ2n) is 2.65. The van der Waals surface area contributed by atoms with Gasteiger partial charge in [0.1, 0.15) is 6.42 Å². The molecule has 0 spiro atoms. The topological polar surface area (TPSA) is 77.8 Å². The van der Waals surface area contributed by atoms with E-state index in [1.807, 2.05) is 0 Å². The molecule has 0 atom stereocenters. The lowest BCUT2D eigenvalue weighted by Crippen LogP contribution is -1.88. The smallest absolute Gasteiger partial charge is 0.236 e. The van der Waals surface area contributed by atoms with E-state index in [-0.39, 0.29) is 0 Å². The van der Waals surface area contributed by atoms with Gasteiger partial charge in [0.15, 0.2) is 11.6 Å². The molecule has 0 saturated heterocycles. The molecule has 0 saturated carbocycles. The highest BCUT2D eigenvalue weighted by atomic mass is 16.5. The van der Waals surface area contributed by atoms with Crippen molar-refractivity contribution in [2.24, 2.45) is 0 Å². The van der Waals surface area contributed by atoms with Crippen molar-refractivity contribution >= 4 is 0 Å². The van der Waals surface area contributed by atoms with Gasteiger partial charge in [0, 0.05) is 0 Å². The molecule has 0 aliphatic heterocycles. The summed E-state index contributed by atoms with van der Waals surface area (Å²) in [5.41, 5.74) is 0. The third-order valence-electron chi connectivity index (χ3n) is 1.44. The molecule has 0 amide bonds. The Labute approximate surface area is 74.0 Å². The van der Waals surface area contributed by atoms with Crippen LogP contribution in [-0.2, 0) is 6.42 Å². The van der Waals surface area contributed by atoms with Crippen molar-refractivity contribution in [1.82, 2.24) is 20.3 Å². The van der Waals surface area contributed by atoms with Crippen LogP contribution in [0.5, 0.6) is 0 Å². The van der Waals surface area contributed by atoms with E-state index in [2.05, 4.69) is 20.3 Å². The minimum Gasteiger partial charge on any atom is -0.339 e. The standard InChI is InChI=1S/C7H8N4O2/c1-4-8-6(12-10-4)3-7-9-5(2)11-13-7/h3H2,1-2H3. The van der Waals surface area contributed by atoms with Gasteiger partial charge in [-0.05, 0) is 13.8 Å². The quantitative estimate of drug-likeness (QED) is 0.675. The summed E-state index contributed by atoms with van der Waals surface area (Å²) in [5, 5.41) is 7.29. The number of hydrogen-bond donors (Lipinski definition) is 0. The van der Waals surface area contributed by atoms with Gasteiger partial charge >= 0.3 is 0 Å². The first-order valence-electron chi connectivity index (χ1n) is 3.82. The zero-order chi connectivity index (χ0) is 9.26. The molecule has 0 fully saturated rings. The third-order valence-corrected chi connectivity index (χ3v) is 1.44. The normalized spacial score (nSPS) is 10.6. The molecule has 2 aromatic rings. The van der Waals surface area contributed by atoms with Crippen LogP contribution in [-0.4, -0.2) is 20.3 Å². The number of rotatable bonds is 2. The van der Waals surface area contributed by atoms with Gasteiger partial charge in [0.25, 0.3) is 0 Å². The van der Waals surface area contributed by atoms with Crippen LogP contribution < -0.4 is 0 Å². The molecule has 2 aromatic heterocycles. The number of nitrogens with zero attached hydrogens (tertiary/aromatic N) is 4. The van der Waals surface area contributed by atoms with E-state index < -0.39 is 0 Å². The fourth-order valence-electron chi connectivity index (χ4n) is 0.953. The number of aryl methyl sites for hydroxylation is 2. The molecule has 0 radical (unpaired) electrons. The molecular weight excluding hydrogens is 172 g/mol. The Morgan fingerprint density at radius 2 is 1.38 bits per heavy atom. The van der Waals surface area contributed by atoms with Gasteiger partial charge in [-0.25, -0.2) is 0 Å². The third kappa shape index (κ3) is 1.71. The highest BCUT2D eigenvalue weighted by Crippen LogP contribution is 2.04. The predicted octanol–water partition coefficient (Wildman–Crippen LogP) is 0.660. The Kier molecular flexibility index (Phi) is 1.80. The lowest BCUT2D eigenvalue weighted by molar-refractivity contribution is 0.345. The summed E-state index contributed by atoms with van der Waals surface area (Å²) in [4.78, 5) is 8.02. The zero-order valence-corrected chi connectivity index (χ0v) is 7.31. The lowest BCUT2D eigenvalue weighted by Gasteiger charge is -1.83. The minimum atomic E-state index is 0.391. The van der Waals surface area contributed by atoms with Gasteiger partial charge in [0.05, 0.1) is 0 Å². The Balaban J connectivity index is 2.14. The Bertz CT molecular complexity index is 368. The first kappa shape index (κ1) is 7.90. The Hall–Kier alpha value is -1.72. The largest absolute Gasteiger partial charge is 0.339 e. The van der Waals surface area contributed by atoms with Crippen LogP contribution in [0.2, 0.25) is 0 Å². The van der Waals surface area contributed by atoms with Crippen LogP contribution in [0.25, 0.3) is 0 Å².